The standard InChI is InChI=1S/C120H200N6O8/c1-11-21-31-41-51-59-69-79-113(127)103(75-65-55-45-35-25-15-5)97-123-107-85-83-101(93-109(107)125-99-105(77-67-57-47-37-27-17-7)115(129)81-71-61-53-43-33-23-13-3)117(131)87-89-121-111-95-119(133-91-73-63-49-39-29-19-9)120(134-92-74-64-50-40-30-20-10)96-112(111)122-90-88-118(132)102-84-86-108(124-98-104(76-66-56-46-36-26-16-6)114(128)80-70-60-52-42-32-22-12-2)110(94-102)126-100-106(78-68-58-48-38-28-18-8)116(130)82-72-62-54-44-34-24-14-4/h83-90,93-100,121-126H,11-82,91-92H2,1-10H3/b89-87+,90-88+,103-97+,104-98+,105-99-,106-100+. The molecule has 14 nitrogen and oxygen atoms in total. The van der Waals surface area contributed by atoms with Gasteiger partial charge in [0.25, 0.3) is 0 Å². The first-order valence-electron chi connectivity index (χ1n) is 56.4. The number of carbonyl (C=O) groups is 6. The van der Waals surface area contributed by atoms with E-state index in [9.17, 15) is 28.8 Å². The number of allylic oxidation sites excluding steroid dienone is 6. The normalized spacial score (nSPS) is 12.1. The second kappa shape index (κ2) is 85.9. The van der Waals surface area contributed by atoms with Crippen LogP contribution in [0.1, 0.15) is 552 Å². The molecule has 0 aliphatic rings. The van der Waals surface area contributed by atoms with Crippen LogP contribution in [0.15, 0.2) is 120 Å². The molecule has 758 valence electrons. The van der Waals surface area contributed by atoms with Crippen LogP contribution in [0.2, 0.25) is 0 Å². The predicted octanol–water partition coefficient (Wildman–Crippen LogP) is 37.8. The summed E-state index contributed by atoms with van der Waals surface area (Å²) in [5.74, 6) is 1.33. The third-order valence-corrected chi connectivity index (χ3v) is 26.4. The number of hydrogen-bond donors (Lipinski definition) is 6. The molecule has 3 aromatic carbocycles. The highest BCUT2D eigenvalue weighted by molar-refractivity contribution is 6.07. The van der Waals surface area contributed by atoms with Crippen LogP contribution in [0, 0.1) is 0 Å². The van der Waals surface area contributed by atoms with E-state index in [0.29, 0.717) is 121 Å². The van der Waals surface area contributed by atoms with Gasteiger partial charge < -0.3 is 41.4 Å². The predicted molar refractivity (Wildman–Crippen MR) is 581 cm³/mol. The van der Waals surface area contributed by atoms with Crippen molar-refractivity contribution in [3.63, 3.8) is 0 Å². The molecule has 0 aliphatic heterocycles. The molecule has 14 heteroatoms. The Hall–Kier alpha value is -7.48. The number of anilines is 6. The van der Waals surface area contributed by atoms with Gasteiger partial charge in [-0.3, -0.25) is 28.8 Å². The fourth-order valence-corrected chi connectivity index (χ4v) is 17.5. The molecule has 0 saturated carbocycles. The minimum atomic E-state index is -0.257. The van der Waals surface area contributed by atoms with E-state index in [2.05, 4.69) is 101 Å². The van der Waals surface area contributed by atoms with Gasteiger partial charge in [0.05, 0.1) is 47.3 Å². The van der Waals surface area contributed by atoms with Gasteiger partial charge in [0.2, 0.25) is 0 Å². The van der Waals surface area contributed by atoms with Crippen LogP contribution >= 0.6 is 0 Å². The summed E-state index contributed by atoms with van der Waals surface area (Å²) < 4.78 is 13.4. The lowest BCUT2D eigenvalue weighted by atomic mass is 9.98. The third kappa shape index (κ3) is 61.0. The number of unbranched alkanes of at least 4 members (excludes halogenated alkanes) is 54. The van der Waals surface area contributed by atoms with Gasteiger partial charge in [0, 0.05) is 121 Å². The molecule has 3 aromatic rings. The van der Waals surface area contributed by atoms with Crippen LogP contribution in [0.4, 0.5) is 34.1 Å². The summed E-state index contributed by atoms with van der Waals surface area (Å²) in [4.78, 5) is 87.5. The fourth-order valence-electron chi connectivity index (χ4n) is 17.5. The summed E-state index contributed by atoms with van der Waals surface area (Å²) in [5.41, 5.74) is 7.79. The molecule has 0 aliphatic carbocycles. The lowest BCUT2D eigenvalue weighted by molar-refractivity contribution is -0.116. The van der Waals surface area contributed by atoms with Crippen LogP contribution in [0.25, 0.3) is 0 Å². The summed E-state index contributed by atoms with van der Waals surface area (Å²) in [7, 11) is 0. The monoisotopic (exact) mass is 1850 g/mol. The van der Waals surface area contributed by atoms with Crippen LogP contribution in [-0.2, 0) is 19.2 Å². The quantitative estimate of drug-likeness (QED) is 0.0178. The van der Waals surface area contributed by atoms with Crippen LogP contribution in [0.5, 0.6) is 11.5 Å². The van der Waals surface area contributed by atoms with E-state index in [1.165, 1.54) is 230 Å². The first-order chi connectivity index (χ1) is 65.7. The number of nitrogens with one attached hydrogen (secondary N) is 6. The number of carbonyl (C=O) groups excluding carboxylic acids is 6. The number of rotatable bonds is 96. The minimum absolute atomic E-state index is 0.164. The van der Waals surface area contributed by atoms with E-state index in [4.69, 9.17) is 9.47 Å². The minimum Gasteiger partial charge on any atom is -0.490 e. The Morgan fingerprint density at radius 3 is 0.619 bits per heavy atom. The zero-order valence-electron chi connectivity index (χ0n) is 87.8. The second-order valence-corrected chi connectivity index (χ2v) is 38.8. The van der Waals surface area contributed by atoms with Gasteiger partial charge in [-0.25, -0.2) is 0 Å². The van der Waals surface area contributed by atoms with Crippen LogP contribution in [0.3, 0.4) is 0 Å². The summed E-state index contributed by atoms with van der Waals surface area (Å²) in [6.07, 6.45) is 90.6. The molecule has 0 saturated heterocycles. The Labute approximate surface area is 821 Å². The average Bonchev–Trinajstić information content (AvgIpc) is 0.829. The molecule has 0 bridgehead atoms. The number of hydrogen-bond acceptors (Lipinski definition) is 14. The van der Waals surface area contributed by atoms with E-state index in [1.807, 2.05) is 73.3 Å². The molecule has 6 N–H and O–H groups in total. The van der Waals surface area contributed by atoms with Crippen LogP contribution in [-0.4, -0.2) is 47.9 Å². The lowest BCUT2D eigenvalue weighted by Crippen LogP contribution is -2.08. The van der Waals surface area contributed by atoms with Crippen molar-refractivity contribution in [1.82, 2.24) is 0 Å². The van der Waals surface area contributed by atoms with Crippen molar-refractivity contribution in [2.24, 2.45) is 0 Å². The number of ketones is 6. The zero-order valence-corrected chi connectivity index (χ0v) is 87.8. The molecule has 0 unspecified atom stereocenters. The number of ether oxygens (including phenoxy) is 2. The lowest BCUT2D eigenvalue weighted by Gasteiger charge is -2.18. The van der Waals surface area contributed by atoms with E-state index in [-0.39, 0.29) is 34.7 Å². The topological polar surface area (TPSA) is 193 Å². The summed E-state index contributed by atoms with van der Waals surface area (Å²) in [6.45, 7) is 23.4. The zero-order chi connectivity index (χ0) is 96.8. The van der Waals surface area contributed by atoms with Gasteiger partial charge >= 0.3 is 0 Å². The fraction of sp³-hybridized carbons (Fsp3) is 0.700. The highest BCUT2D eigenvalue weighted by Crippen LogP contribution is 2.39. The van der Waals surface area contributed by atoms with Crippen molar-refractivity contribution in [3.05, 3.63) is 131 Å². The van der Waals surface area contributed by atoms with E-state index < -0.39 is 0 Å². The average molecular weight is 1850 g/mol. The van der Waals surface area contributed by atoms with Gasteiger partial charge in [-0.05, 0) is 126 Å². The van der Waals surface area contributed by atoms with Gasteiger partial charge in [-0.15, -0.1) is 0 Å². The SMILES string of the molecule is CCCCCCCCCC(=O)/C(=C\Nc1cc(C(=O)/C=C/Nc2cc(OCCCCCCCC)c(OCCCCCCCC)cc2N/C=C/C(=O)c2ccc(N/C=C(\CCCCCCCC)C(=O)CCCCCCCCC)c(N/C=C(\CCCCCCCC)C(=O)CCCCCCCCC)c2)ccc1N/C=C(\CCCCCCCC)C(=O)CCCCCCCCC)CCCCCCCC. The maximum absolute atomic E-state index is 15.0. The number of Topliss-reactive ketones (excluding diaryl/α,β-unsaturated/α-hetero) is 4. The Bertz CT molecular complexity index is 3470. The van der Waals surface area contributed by atoms with Crippen LogP contribution < -0.4 is 41.4 Å². The summed E-state index contributed by atoms with van der Waals surface area (Å²) in [6, 6.07) is 15.0. The Morgan fingerprint density at radius 2 is 0.396 bits per heavy atom. The molecule has 0 aromatic heterocycles. The molecule has 134 heavy (non-hydrogen) atoms. The Kier molecular flexibility index (Phi) is 77.4. The van der Waals surface area contributed by atoms with Crippen molar-refractivity contribution >= 4 is 68.8 Å². The van der Waals surface area contributed by atoms with Crippen molar-refractivity contribution in [3.8, 4) is 11.5 Å². The maximum Gasteiger partial charge on any atom is 0.187 e. The Balaban J connectivity index is 2.35. The molecule has 0 heterocycles. The highest BCUT2D eigenvalue weighted by Gasteiger charge is 2.20. The smallest absolute Gasteiger partial charge is 0.187 e. The second-order valence-electron chi connectivity index (χ2n) is 38.8. The number of benzene rings is 3. The van der Waals surface area contributed by atoms with Crippen molar-refractivity contribution in [2.75, 3.05) is 45.1 Å². The first-order valence-corrected chi connectivity index (χ1v) is 56.4. The van der Waals surface area contributed by atoms with E-state index in [1.54, 1.807) is 12.4 Å². The van der Waals surface area contributed by atoms with E-state index in [0.717, 1.165) is 215 Å². The highest BCUT2D eigenvalue weighted by atomic mass is 16.5. The van der Waals surface area contributed by atoms with Gasteiger partial charge in [-0.1, -0.05) is 416 Å². The first kappa shape index (κ1) is 121. The molecule has 0 fully saturated rings. The molecule has 0 spiro atoms. The van der Waals surface area contributed by atoms with Crippen molar-refractivity contribution in [1.29, 1.82) is 0 Å². The summed E-state index contributed by atoms with van der Waals surface area (Å²) in [5, 5.41) is 21.3. The molecule has 0 amide bonds. The molecule has 3 rings (SSSR count). The molecule has 0 atom stereocenters. The van der Waals surface area contributed by atoms with E-state index >= 15 is 0 Å². The molecule has 0 radical (unpaired) electrons. The Morgan fingerprint density at radius 1 is 0.209 bits per heavy atom. The third-order valence-electron chi connectivity index (χ3n) is 26.4. The largest absolute Gasteiger partial charge is 0.490 e. The summed E-state index contributed by atoms with van der Waals surface area (Å²) >= 11 is 0. The molecular weight excluding hydrogens is 1650 g/mol. The maximum atomic E-state index is 15.0. The molecular formula is C120H200N6O8. The van der Waals surface area contributed by atoms with Gasteiger partial charge in [0.1, 0.15) is 0 Å². The van der Waals surface area contributed by atoms with Crippen molar-refractivity contribution < 1.29 is 38.2 Å². The van der Waals surface area contributed by atoms with Crippen molar-refractivity contribution in [2.45, 2.75) is 532 Å². The van der Waals surface area contributed by atoms with Gasteiger partial charge in [0.15, 0.2) is 46.2 Å². The van der Waals surface area contributed by atoms with Gasteiger partial charge in [-0.2, -0.15) is 0 Å².